The average Bonchev–Trinajstić information content (AvgIpc) is 2.88. The van der Waals surface area contributed by atoms with E-state index in [0.29, 0.717) is 22.2 Å². The van der Waals surface area contributed by atoms with Crippen molar-refractivity contribution in [2.75, 3.05) is 6.61 Å². The van der Waals surface area contributed by atoms with Gasteiger partial charge in [0.05, 0.1) is 5.03 Å². The molecule has 118 valence electrons. The Bertz CT molecular complexity index is 712. The molecule has 0 saturated carbocycles. The van der Waals surface area contributed by atoms with Gasteiger partial charge in [0.25, 0.3) is 0 Å². The smallest absolute Gasteiger partial charge is 0.341 e. The molecule has 0 spiro atoms. The van der Waals surface area contributed by atoms with Gasteiger partial charge in [-0.1, -0.05) is 11.8 Å². The Morgan fingerprint density at radius 3 is 2.82 bits per heavy atom. The molecule has 0 bridgehead atoms. The van der Waals surface area contributed by atoms with Crippen LogP contribution < -0.4 is 11.0 Å². The molecular weight excluding hydrogens is 314 g/mol. The molecule has 9 nitrogen and oxygen atoms in total. The van der Waals surface area contributed by atoms with Gasteiger partial charge in [-0.3, -0.25) is 4.79 Å². The second kappa shape index (κ2) is 6.62. The Hall–Kier alpha value is -2.33. The summed E-state index contributed by atoms with van der Waals surface area (Å²) in [5.41, 5.74) is 1.70. The molecule has 0 aromatic carbocycles. The molecule has 0 amide bonds. The van der Waals surface area contributed by atoms with Gasteiger partial charge in [-0.15, -0.1) is 0 Å². The first-order valence-electron chi connectivity index (χ1n) is 6.26. The Labute approximate surface area is 128 Å². The van der Waals surface area contributed by atoms with Crippen molar-refractivity contribution >= 4 is 28.7 Å². The molecule has 0 unspecified atom stereocenters. The fourth-order valence-corrected chi connectivity index (χ4v) is 3.02. The summed E-state index contributed by atoms with van der Waals surface area (Å²) in [6, 6.07) is 0. The molecule has 1 aromatic rings. The number of hydrogen-bond donors (Lipinski definition) is 3. The van der Waals surface area contributed by atoms with Crippen molar-refractivity contribution in [3.05, 3.63) is 27.5 Å². The van der Waals surface area contributed by atoms with Gasteiger partial charge in [0, 0.05) is 24.7 Å². The lowest BCUT2D eigenvalue weighted by Crippen LogP contribution is -2.22. The SMILES string of the molecule is CCn1cc(C(=O)O)c(=O)c2c1SC(=NNOCC(=O)O)C2. The van der Waals surface area contributed by atoms with Crippen molar-refractivity contribution < 1.29 is 24.6 Å². The van der Waals surface area contributed by atoms with Crippen LogP contribution in [0.2, 0.25) is 0 Å². The highest BCUT2D eigenvalue weighted by Crippen LogP contribution is 2.31. The molecule has 1 aliphatic heterocycles. The van der Waals surface area contributed by atoms with Crippen LogP contribution in [0.5, 0.6) is 0 Å². The topological polar surface area (TPSA) is 130 Å². The van der Waals surface area contributed by atoms with Crippen LogP contribution in [0.25, 0.3) is 0 Å². The standard InChI is InChI=1S/C12H13N3O6S/c1-2-15-4-7(12(19)20)10(18)6-3-8(22-11(6)15)13-14-21-5-9(16)17/h4,14H,2-3,5H2,1H3,(H,16,17)(H,19,20). The summed E-state index contributed by atoms with van der Waals surface area (Å²) in [4.78, 5) is 38.1. The number of fused-ring (bicyclic) bond motifs is 1. The minimum absolute atomic E-state index is 0.170. The first-order chi connectivity index (χ1) is 10.4. The van der Waals surface area contributed by atoms with Gasteiger partial charge < -0.3 is 14.8 Å². The molecule has 0 atom stereocenters. The van der Waals surface area contributed by atoms with Crippen LogP contribution in [0.1, 0.15) is 22.8 Å². The van der Waals surface area contributed by atoms with Crippen molar-refractivity contribution in [2.24, 2.45) is 5.10 Å². The van der Waals surface area contributed by atoms with E-state index in [1.807, 2.05) is 6.92 Å². The molecule has 22 heavy (non-hydrogen) atoms. The van der Waals surface area contributed by atoms with Crippen molar-refractivity contribution in [3.63, 3.8) is 0 Å². The summed E-state index contributed by atoms with van der Waals surface area (Å²) < 4.78 is 1.67. The van der Waals surface area contributed by atoms with E-state index in [1.54, 1.807) is 4.57 Å². The second-order valence-electron chi connectivity index (χ2n) is 4.30. The first-order valence-corrected chi connectivity index (χ1v) is 7.08. The van der Waals surface area contributed by atoms with Crippen LogP contribution in [0, 0.1) is 0 Å². The van der Waals surface area contributed by atoms with Gasteiger partial charge in [0.15, 0.2) is 6.61 Å². The van der Waals surface area contributed by atoms with E-state index in [2.05, 4.69) is 15.5 Å². The zero-order chi connectivity index (χ0) is 16.3. The molecule has 2 heterocycles. The number of carboxylic acid groups (broad SMARTS) is 2. The maximum Gasteiger partial charge on any atom is 0.341 e. The van der Waals surface area contributed by atoms with E-state index in [4.69, 9.17) is 10.2 Å². The molecule has 0 saturated heterocycles. The number of hydrazone groups is 1. The number of thioether (sulfide) groups is 1. The van der Waals surface area contributed by atoms with Crippen LogP contribution in [0.15, 0.2) is 21.1 Å². The molecular formula is C12H13N3O6S. The van der Waals surface area contributed by atoms with Crippen molar-refractivity contribution in [2.45, 2.75) is 24.9 Å². The molecule has 1 aliphatic rings. The number of hydrogen-bond acceptors (Lipinski definition) is 7. The number of aryl methyl sites for hydroxylation is 1. The van der Waals surface area contributed by atoms with Gasteiger partial charge in [0.2, 0.25) is 5.43 Å². The van der Waals surface area contributed by atoms with Crippen LogP contribution in [-0.4, -0.2) is 38.4 Å². The van der Waals surface area contributed by atoms with Crippen LogP contribution >= 0.6 is 11.8 Å². The fourth-order valence-electron chi connectivity index (χ4n) is 1.91. The largest absolute Gasteiger partial charge is 0.479 e. The zero-order valence-corrected chi connectivity index (χ0v) is 12.3. The maximum absolute atomic E-state index is 12.1. The van der Waals surface area contributed by atoms with E-state index in [1.165, 1.54) is 18.0 Å². The molecule has 0 aliphatic carbocycles. The van der Waals surface area contributed by atoms with Gasteiger partial charge in [0.1, 0.15) is 10.6 Å². The number of aliphatic carboxylic acids is 1. The Kier molecular flexibility index (Phi) is 4.83. The Morgan fingerprint density at radius 2 is 2.23 bits per heavy atom. The zero-order valence-electron chi connectivity index (χ0n) is 11.5. The van der Waals surface area contributed by atoms with Gasteiger partial charge >= 0.3 is 11.9 Å². The molecule has 0 radical (unpaired) electrons. The lowest BCUT2D eigenvalue weighted by Gasteiger charge is -2.09. The van der Waals surface area contributed by atoms with E-state index in [9.17, 15) is 14.4 Å². The highest BCUT2D eigenvalue weighted by Gasteiger charge is 2.27. The highest BCUT2D eigenvalue weighted by atomic mass is 32.2. The summed E-state index contributed by atoms with van der Waals surface area (Å²) in [5, 5.41) is 22.5. The van der Waals surface area contributed by atoms with Gasteiger partial charge in [-0.05, 0) is 6.92 Å². The number of pyridine rings is 1. The number of rotatable bonds is 6. The van der Waals surface area contributed by atoms with Crippen LogP contribution in [0.4, 0.5) is 0 Å². The average molecular weight is 327 g/mol. The minimum atomic E-state index is -1.27. The lowest BCUT2D eigenvalue weighted by molar-refractivity contribution is -0.145. The number of carbonyl (C=O) groups is 2. The van der Waals surface area contributed by atoms with E-state index < -0.39 is 24.0 Å². The lowest BCUT2D eigenvalue weighted by atomic mass is 10.1. The number of aromatic carboxylic acids is 1. The third-order valence-electron chi connectivity index (χ3n) is 2.87. The molecule has 3 N–H and O–H groups in total. The minimum Gasteiger partial charge on any atom is -0.479 e. The first kappa shape index (κ1) is 16.0. The third kappa shape index (κ3) is 3.28. The van der Waals surface area contributed by atoms with Crippen molar-refractivity contribution in [1.29, 1.82) is 0 Å². The predicted octanol–water partition coefficient (Wildman–Crippen LogP) is 0.134. The van der Waals surface area contributed by atoms with Crippen molar-refractivity contribution in [3.8, 4) is 0 Å². The number of aromatic nitrogens is 1. The van der Waals surface area contributed by atoms with E-state index >= 15 is 0 Å². The van der Waals surface area contributed by atoms with Gasteiger partial charge in [-0.2, -0.15) is 10.7 Å². The number of nitrogens with one attached hydrogen (secondary N) is 1. The third-order valence-corrected chi connectivity index (χ3v) is 4.01. The summed E-state index contributed by atoms with van der Waals surface area (Å²) >= 11 is 1.21. The summed E-state index contributed by atoms with van der Waals surface area (Å²) in [7, 11) is 0. The fraction of sp³-hybridized carbons (Fsp3) is 0.333. The second-order valence-corrected chi connectivity index (χ2v) is 5.37. The summed E-state index contributed by atoms with van der Waals surface area (Å²) in [5.74, 6) is -2.42. The summed E-state index contributed by atoms with van der Waals surface area (Å²) in [6.07, 6.45) is 1.48. The quantitative estimate of drug-likeness (QED) is 0.496. The van der Waals surface area contributed by atoms with Crippen LogP contribution in [-0.2, 0) is 22.6 Å². The number of carboxylic acids is 2. The van der Waals surface area contributed by atoms with Crippen molar-refractivity contribution in [1.82, 2.24) is 10.2 Å². The highest BCUT2D eigenvalue weighted by molar-refractivity contribution is 8.14. The Balaban J connectivity index is 2.24. The van der Waals surface area contributed by atoms with Crippen LogP contribution in [0.3, 0.4) is 0 Å². The monoisotopic (exact) mass is 327 g/mol. The Morgan fingerprint density at radius 1 is 1.50 bits per heavy atom. The van der Waals surface area contributed by atoms with E-state index in [0.717, 1.165) is 0 Å². The molecule has 0 fully saturated rings. The van der Waals surface area contributed by atoms with E-state index in [-0.39, 0.29) is 12.0 Å². The van der Waals surface area contributed by atoms with Gasteiger partial charge in [-0.25, -0.2) is 14.4 Å². The molecule has 10 heteroatoms. The number of nitrogens with zero attached hydrogens (tertiary/aromatic N) is 2. The summed E-state index contributed by atoms with van der Waals surface area (Å²) in [6.45, 7) is 1.78. The maximum atomic E-state index is 12.1. The normalized spacial score (nSPS) is 14.9. The predicted molar refractivity (Wildman–Crippen MR) is 77.1 cm³/mol. The molecule has 2 rings (SSSR count). The molecule has 1 aromatic heterocycles.